The van der Waals surface area contributed by atoms with Gasteiger partial charge in [0.2, 0.25) is 0 Å². The maximum Gasteiger partial charge on any atom is 0.261 e. The second kappa shape index (κ2) is 7.51. The maximum atomic E-state index is 12.5. The molecule has 1 aromatic rings. The first-order valence-corrected chi connectivity index (χ1v) is 13.2. The molecular weight excluding hydrogens is 354 g/mol. The van der Waals surface area contributed by atoms with Crippen LogP contribution in [-0.2, 0) is 4.43 Å². The van der Waals surface area contributed by atoms with Gasteiger partial charge in [-0.3, -0.25) is 14.5 Å². The second-order valence-electron chi connectivity index (χ2n) is 9.56. The fraction of sp³-hybridized carbons (Fsp3) is 0.636. The Balaban J connectivity index is 1.55. The van der Waals surface area contributed by atoms with Crippen LogP contribution in [0.5, 0.6) is 0 Å². The molecule has 0 bridgehead atoms. The molecule has 1 aliphatic heterocycles. The van der Waals surface area contributed by atoms with Crippen LogP contribution < -0.4 is 0 Å². The van der Waals surface area contributed by atoms with Crippen molar-refractivity contribution in [1.82, 2.24) is 4.90 Å². The van der Waals surface area contributed by atoms with Crippen molar-refractivity contribution in [1.29, 1.82) is 0 Å². The molecule has 1 aliphatic carbocycles. The maximum absolute atomic E-state index is 12.5. The summed E-state index contributed by atoms with van der Waals surface area (Å²) in [6.45, 7) is 12.0. The lowest BCUT2D eigenvalue weighted by atomic mass is 9.99. The number of carbonyl (C=O) groups excluding carboxylic acids is 2. The van der Waals surface area contributed by atoms with Crippen molar-refractivity contribution >= 4 is 20.1 Å². The molecule has 148 valence electrons. The number of imide groups is 1. The largest absolute Gasteiger partial charge is 0.414 e. The van der Waals surface area contributed by atoms with Gasteiger partial charge in [0, 0.05) is 12.6 Å². The Morgan fingerprint density at radius 1 is 1.07 bits per heavy atom. The van der Waals surface area contributed by atoms with Crippen molar-refractivity contribution in [3.05, 3.63) is 35.4 Å². The van der Waals surface area contributed by atoms with Crippen molar-refractivity contribution in [3.8, 4) is 0 Å². The molecule has 0 spiro atoms. The third-order valence-electron chi connectivity index (χ3n) is 6.68. The smallest absolute Gasteiger partial charge is 0.261 e. The van der Waals surface area contributed by atoms with Gasteiger partial charge < -0.3 is 4.43 Å². The summed E-state index contributed by atoms with van der Waals surface area (Å²) in [5, 5.41) is 0.223. The minimum absolute atomic E-state index is 0.143. The summed E-state index contributed by atoms with van der Waals surface area (Å²) >= 11 is 0. The third kappa shape index (κ3) is 4.04. The van der Waals surface area contributed by atoms with Gasteiger partial charge in [0.05, 0.1) is 11.1 Å². The lowest BCUT2D eigenvalue weighted by Gasteiger charge is -2.40. The Morgan fingerprint density at radius 3 is 2.22 bits per heavy atom. The van der Waals surface area contributed by atoms with E-state index in [4.69, 9.17) is 4.43 Å². The van der Waals surface area contributed by atoms with Crippen LogP contribution in [0.2, 0.25) is 18.1 Å². The quantitative estimate of drug-likeness (QED) is 0.494. The first-order chi connectivity index (χ1) is 12.6. The van der Waals surface area contributed by atoms with Crippen LogP contribution in [0, 0.1) is 5.92 Å². The number of carbonyl (C=O) groups is 2. The lowest BCUT2D eigenvalue weighted by molar-refractivity contribution is 0.0645. The highest BCUT2D eigenvalue weighted by Gasteiger charge is 2.42. The van der Waals surface area contributed by atoms with Gasteiger partial charge in [-0.15, -0.1) is 0 Å². The van der Waals surface area contributed by atoms with E-state index >= 15 is 0 Å². The van der Waals surface area contributed by atoms with Gasteiger partial charge in [-0.05, 0) is 61.9 Å². The third-order valence-corrected chi connectivity index (χ3v) is 11.2. The summed E-state index contributed by atoms with van der Waals surface area (Å²) in [4.78, 5) is 26.4. The van der Waals surface area contributed by atoms with Gasteiger partial charge in [0.15, 0.2) is 8.32 Å². The van der Waals surface area contributed by atoms with Crippen molar-refractivity contribution in [2.45, 2.75) is 77.1 Å². The molecule has 1 fully saturated rings. The van der Waals surface area contributed by atoms with Gasteiger partial charge in [-0.25, -0.2) is 0 Å². The molecule has 4 nitrogen and oxygen atoms in total. The lowest BCUT2D eigenvalue weighted by Crippen LogP contribution is -2.44. The zero-order valence-electron chi connectivity index (χ0n) is 17.4. The van der Waals surface area contributed by atoms with Crippen LogP contribution in [0.1, 0.15) is 73.6 Å². The van der Waals surface area contributed by atoms with E-state index in [2.05, 4.69) is 33.9 Å². The van der Waals surface area contributed by atoms with E-state index in [1.807, 2.05) is 12.1 Å². The zero-order valence-corrected chi connectivity index (χ0v) is 18.4. The second-order valence-corrected chi connectivity index (χ2v) is 14.3. The number of rotatable bonds is 6. The monoisotopic (exact) mass is 387 g/mol. The first kappa shape index (κ1) is 20.3. The van der Waals surface area contributed by atoms with Gasteiger partial charge in [0.25, 0.3) is 11.8 Å². The van der Waals surface area contributed by atoms with Gasteiger partial charge >= 0.3 is 0 Å². The van der Waals surface area contributed by atoms with E-state index in [0.29, 0.717) is 29.7 Å². The van der Waals surface area contributed by atoms with E-state index in [1.54, 1.807) is 12.1 Å². The molecule has 0 aromatic heterocycles. The zero-order chi connectivity index (χ0) is 19.8. The predicted molar refractivity (Wildman–Crippen MR) is 110 cm³/mol. The highest BCUT2D eigenvalue weighted by atomic mass is 28.4. The molecule has 2 atom stereocenters. The van der Waals surface area contributed by atoms with Gasteiger partial charge in [0.1, 0.15) is 0 Å². The van der Waals surface area contributed by atoms with E-state index in [1.165, 1.54) is 17.7 Å². The predicted octanol–water partition coefficient (Wildman–Crippen LogP) is 5.25. The average Bonchev–Trinajstić information content (AvgIpc) is 3.12. The van der Waals surface area contributed by atoms with Crippen LogP contribution >= 0.6 is 0 Å². The SMILES string of the molecule is CC(C)(C)[Si](C)(C)O[C@H]1CCC[C@H]1CCCN1C(=O)c2ccccc2C1=O. The molecule has 3 rings (SSSR count). The Kier molecular flexibility index (Phi) is 5.64. The molecule has 2 amide bonds. The number of hydrogen-bond donors (Lipinski definition) is 0. The molecule has 27 heavy (non-hydrogen) atoms. The highest BCUT2D eigenvalue weighted by Crippen LogP contribution is 2.41. The minimum Gasteiger partial charge on any atom is -0.414 e. The summed E-state index contributed by atoms with van der Waals surface area (Å²) < 4.78 is 6.68. The summed E-state index contributed by atoms with van der Waals surface area (Å²) in [5.74, 6) is 0.265. The number of amides is 2. The van der Waals surface area contributed by atoms with Gasteiger partial charge in [-0.1, -0.05) is 39.3 Å². The Hall–Kier alpha value is -1.46. The number of benzene rings is 1. The van der Waals surface area contributed by atoms with Crippen molar-refractivity contribution < 1.29 is 14.0 Å². The summed E-state index contributed by atoms with van der Waals surface area (Å²) in [6.07, 6.45) is 5.77. The van der Waals surface area contributed by atoms with Crippen LogP contribution in [0.3, 0.4) is 0 Å². The van der Waals surface area contributed by atoms with Crippen LogP contribution in [0.4, 0.5) is 0 Å². The van der Waals surface area contributed by atoms with E-state index < -0.39 is 8.32 Å². The molecular formula is C22H33NO3Si. The van der Waals surface area contributed by atoms with Crippen molar-refractivity contribution in [2.75, 3.05) is 6.54 Å². The summed E-state index contributed by atoms with van der Waals surface area (Å²) in [6, 6.07) is 7.12. The molecule has 1 aromatic carbocycles. The normalized spacial score (nSPS) is 23.2. The number of nitrogens with zero attached hydrogens (tertiary/aromatic N) is 1. The standard InChI is InChI=1S/C22H33NO3Si/c1-22(2,3)27(4,5)26-19-14-8-10-16(19)11-9-15-23-20(24)17-12-6-7-13-18(17)21(23)25/h6-7,12-13,16,19H,8-11,14-15H2,1-5H3/t16-,19-/m0/s1. The summed E-state index contributed by atoms with van der Waals surface area (Å²) in [5.41, 5.74) is 1.09. The molecule has 0 radical (unpaired) electrons. The highest BCUT2D eigenvalue weighted by molar-refractivity contribution is 6.74. The molecule has 1 saturated carbocycles. The molecule has 5 heteroatoms. The van der Waals surface area contributed by atoms with Crippen LogP contribution in [0.25, 0.3) is 0 Å². The van der Waals surface area contributed by atoms with Crippen LogP contribution in [0.15, 0.2) is 24.3 Å². The van der Waals surface area contributed by atoms with Gasteiger partial charge in [-0.2, -0.15) is 0 Å². The topological polar surface area (TPSA) is 46.6 Å². The molecule has 0 saturated heterocycles. The fourth-order valence-corrected chi connectivity index (χ4v) is 5.42. The van der Waals surface area contributed by atoms with Crippen molar-refractivity contribution in [3.63, 3.8) is 0 Å². The first-order valence-electron chi connectivity index (χ1n) is 10.2. The molecule has 0 unspecified atom stereocenters. The molecule has 0 N–H and O–H groups in total. The van der Waals surface area contributed by atoms with Crippen molar-refractivity contribution in [2.24, 2.45) is 5.92 Å². The Labute approximate surface area is 164 Å². The van der Waals surface area contributed by atoms with E-state index in [-0.39, 0.29) is 16.9 Å². The molecule has 2 aliphatic rings. The van der Waals surface area contributed by atoms with E-state index in [9.17, 15) is 9.59 Å². The van der Waals surface area contributed by atoms with Crippen LogP contribution in [-0.4, -0.2) is 37.7 Å². The molecule has 1 heterocycles. The average molecular weight is 388 g/mol. The fourth-order valence-electron chi connectivity index (χ4n) is 4.00. The summed E-state index contributed by atoms with van der Waals surface area (Å²) in [7, 11) is -1.76. The Bertz CT molecular complexity index is 688. The number of fused-ring (bicyclic) bond motifs is 1. The Morgan fingerprint density at radius 2 is 1.67 bits per heavy atom. The van der Waals surface area contributed by atoms with E-state index in [0.717, 1.165) is 19.3 Å². The minimum atomic E-state index is -1.76. The number of hydrogen-bond acceptors (Lipinski definition) is 3.